The summed E-state index contributed by atoms with van der Waals surface area (Å²) in [4.78, 5) is 26.6. The number of anilines is 3. The van der Waals surface area contributed by atoms with Crippen LogP contribution >= 0.6 is 0 Å². The van der Waals surface area contributed by atoms with Crippen LogP contribution in [0, 0.1) is 0 Å². The molecule has 1 aromatic carbocycles. The van der Waals surface area contributed by atoms with E-state index in [2.05, 4.69) is 41.4 Å². The monoisotopic (exact) mass is 437 g/mol. The number of carbonyl (C=O) groups excluding carboxylic acids is 1. The van der Waals surface area contributed by atoms with Crippen LogP contribution in [0.5, 0.6) is 0 Å². The third kappa shape index (κ3) is 4.88. The number of carbonyl (C=O) groups is 1. The van der Waals surface area contributed by atoms with E-state index in [0.717, 1.165) is 30.0 Å². The van der Waals surface area contributed by atoms with Gasteiger partial charge >= 0.3 is 0 Å². The van der Waals surface area contributed by atoms with Crippen molar-refractivity contribution in [2.45, 2.75) is 72.1 Å². The third-order valence-corrected chi connectivity index (χ3v) is 6.22. The Morgan fingerprint density at radius 3 is 2.66 bits per heavy atom. The van der Waals surface area contributed by atoms with Crippen LogP contribution < -0.4 is 10.2 Å². The summed E-state index contributed by atoms with van der Waals surface area (Å²) in [7, 11) is 0. The minimum atomic E-state index is -0.0192. The first kappa shape index (κ1) is 22.5. The molecule has 4 rings (SSSR count). The Hall–Kier alpha value is -2.67. The first-order valence-corrected chi connectivity index (χ1v) is 11.9. The van der Waals surface area contributed by atoms with Crippen LogP contribution in [-0.4, -0.2) is 52.6 Å². The molecule has 1 atom stereocenters. The summed E-state index contributed by atoms with van der Waals surface area (Å²) >= 11 is 0. The Morgan fingerprint density at radius 1 is 1.19 bits per heavy atom. The number of aryl methyl sites for hydroxylation is 1. The molecule has 7 heteroatoms. The Balaban J connectivity index is 1.62. The third-order valence-electron chi connectivity index (χ3n) is 6.22. The molecule has 1 saturated heterocycles. The van der Waals surface area contributed by atoms with Crippen molar-refractivity contribution in [2.75, 3.05) is 29.9 Å². The van der Waals surface area contributed by atoms with Gasteiger partial charge in [-0.1, -0.05) is 31.9 Å². The lowest BCUT2D eigenvalue weighted by Crippen LogP contribution is -2.42. The average Bonchev–Trinajstić information content (AvgIpc) is 3.12. The van der Waals surface area contributed by atoms with E-state index in [1.807, 2.05) is 25.7 Å². The van der Waals surface area contributed by atoms with Gasteiger partial charge in [-0.3, -0.25) is 4.79 Å². The molecule has 0 aliphatic carbocycles. The molecule has 1 amide bonds. The van der Waals surface area contributed by atoms with Gasteiger partial charge in [0, 0.05) is 30.4 Å². The zero-order valence-electron chi connectivity index (χ0n) is 19.7. The van der Waals surface area contributed by atoms with Crippen molar-refractivity contribution in [1.82, 2.24) is 14.9 Å². The number of aromatic nitrogens is 2. The SMILES string of the molecule is CCCCCc1ccc(Nc2nc(N3CCO[C@H](C)C3)nc3c2CN(C(C)C)C3=O)cc1. The van der Waals surface area contributed by atoms with Gasteiger partial charge in [-0.2, -0.15) is 4.98 Å². The number of amides is 1. The summed E-state index contributed by atoms with van der Waals surface area (Å²) in [6, 6.07) is 8.66. The van der Waals surface area contributed by atoms with E-state index in [0.29, 0.717) is 31.3 Å². The lowest BCUT2D eigenvalue weighted by molar-refractivity contribution is 0.0526. The number of nitrogens with zero attached hydrogens (tertiary/aromatic N) is 4. The molecule has 1 N–H and O–H groups in total. The Bertz CT molecular complexity index is 944. The number of morpholine rings is 1. The van der Waals surface area contributed by atoms with Gasteiger partial charge in [-0.15, -0.1) is 0 Å². The summed E-state index contributed by atoms with van der Waals surface area (Å²) < 4.78 is 5.68. The molecule has 32 heavy (non-hydrogen) atoms. The summed E-state index contributed by atoms with van der Waals surface area (Å²) in [5, 5.41) is 3.48. The van der Waals surface area contributed by atoms with Gasteiger partial charge in [0.25, 0.3) is 5.91 Å². The molecular formula is C25H35N5O2. The largest absolute Gasteiger partial charge is 0.375 e. The molecule has 0 radical (unpaired) electrons. The molecule has 3 heterocycles. The van der Waals surface area contributed by atoms with Crippen molar-refractivity contribution in [3.05, 3.63) is 41.1 Å². The van der Waals surface area contributed by atoms with Crippen molar-refractivity contribution >= 4 is 23.4 Å². The number of hydrogen-bond donors (Lipinski definition) is 1. The normalized spacial score (nSPS) is 18.4. The molecule has 2 aliphatic rings. The van der Waals surface area contributed by atoms with Crippen molar-refractivity contribution in [2.24, 2.45) is 0 Å². The van der Waals surface area contributed by atoms with Gasteiger partial charge in [-0.05, 0) is 51.3 Å². The summed E-state index contributed by atoms with van der Waals surface area (Å²) in [5.74, 6) is 1.30. The highest BCUT2D eigenvalue weighted by Gasteiger charge is 2.35. The van der Waals surface area contributed by atoms with Crippen LogP contribution in [0.4, 0.5) is 17.5 Å². The Morgan fingerprint density at radius 2 is 1.97 bits per heavy atom. The molecule has 0 spiro atoms. The smallest absolute Gasteiger partial charge is 0.273 e. The van der Waals surface area contributed by atoms with Gasteiger partial charge in [0.2, 0.25) is 5.95 Å². The van der Waals surface area contributed by atoms with Gasteiger partial charge in [0.15, 0.2) is 0 Å². The lowest BCUT2D eigenvalue weighted by Gasteiger charge is -2.31. The molecule has 0 bridgehead atoms. The quantitative estimate of drug-likeness (QED) is 0.612. The second kappa shape index (κ2) is 9.86. The number of unbranched alkanes of at least 4 members (excludes halogenated alkanes) is 2. The number of nitrogens with one attached hydrogen (secondary N) is 1. The molecule has 1 aromatic heterocycles. The van der Waals surface area contributed by atoms with Crippen LogP contribution in [0.2, 0.25) is 0 Å². The van der Waals surface area contributed by atoms with E-state index < -0.39 is 0 Å². The maximum Gasteiger partial charge on any atom is 0.273 e. The predicted octanol–water partition coefficient (Wildman–Crippen LogP) is 4.54. The van der Waals surface area contributed by atoms with Crippen LogP contribution in [-0.2, 0) is 17.7 Å². The van der Waals surface area contributed by atoms with E-state index in [-0.39, 0.29) is 18.1 Å². The van der Waals surface area contributed by atoms with E-state index in [1.54, 1.807) is 0 Å². The van der Waals surface area contributed by atoms with Crippen LogP contribution in [0.1, 0.15) is 68.6 Å². The number of benzene rings is 1. The highest BCUT2D eigenvalue weighted by atomic mass is 16.5. The van der Waals surface area contributed by atoms with E-state index >= 15 is 0 Å². The van der Waals surface area contributed by atoms with Gasteiger partial charge in [0.1, 0.15) is 11.5 Å². The second-order valence-electron chi connectivity index (χ2n) is 9.13. The summed E-state index contributed by atoms with van der Waals surface area (Å²) in [5.41, 5.74) is 3.71. The van der Waals surface area contributed by atoms with E-state index in [4.69, 9.17) is 14.7 Å². The maximum absolute atomic E-state index is 13.1. The number of ether oxygens (including phenoxy) is 1. The fourth-order valence-corrected chi connectivity index (χ4v) is 4.31. The first-order valence-electron chi connectivity index (χ1n) is 11.9. The van der Waals surface area contributed by atoms with Crippen molar-refractivity contribution in [1.29, 1.82) is 0 Å². The fourth-order valence-electron chi connectivity index (χ4n) is 4.31. The summed E-state index contributed by atoms with van der Waals surface area (Å²) in [6.07, 6.45) is 4.93. The number of fused-ring (bicyclic) bond motifs is 1. The standard InChI is InChI=1S/C25H35N5O2/c1-5-6-7-8-19-9-11-20(12-10-19)26-23-21-16-30(17(2)3)24(31)22(21)27-25(28-23)29-13-14-32-18(4)15-29/h9-12,17-18H,5-8,13-16H2,1-4H3,(H,26,27,28)/t18-/m1/s1. The predicted molar refractivity (Wildman–Crippen MR) is 128 cm³/mol. The minimum absolute atomic E-state index is 0.0192. The molecule has 0 saturated carbocycles. The highest BCUT2D eigenvalue weighted by Crippen LogP contribution is 2.32. The van der Waals surface area contributed by atoms with Crippen LogP contribution in [0.25, 0.3) is 0 Å². The van der Waals surface area contributed by atoms with E-state index in [9.17, 15) is 4.79 Å². The van der Waals surface area contributed by atoms with E-state index in [1.165, 1.54) is 24.8 Å². The topological polar surface area (TPSA) is 70.6 Å². The molecule has 2 aromatic rings. The van der Waals surface area contributed by atoms with Crippen LogP contribution in [0.3, 0.4) is 0 Å². The van der Waals surface area contributed by atoms with Gasteiger partial charge < -0.3 is 19.9 Å². The van der Waals surface area contributed by atoms with Crippen molar-refractivity contribution < 1.29 is 9.53 Å². The second-order valence-corrected chi connectivity index (χ2v) is 9.13. The molecule has 1 fully saturated rings. The Kier molecular flexibility index (Phi) is 6.94. The first-order chi connectivity index (χ1) is 15.5. The average molecular weight is 438 g/mol. The molecule has 172 valence electrons. The zero-order chi connectivity index (χ0) is 22.7. The maximum atomic E-state index is 13.1. The van der Waals surface area contributed by atoms with Gasteiger partial charge in [0.05, 0.1) is 19.3 Å². The van der Waals surface area contributed by atoms with Crippen LogP contribution in [0.15, 0.2) is 24.3 Å². The zero-order valence-corrected chi connectivity index (χ0v) is 19.7. The Labute approximate surface area is 191 Å². The minimum Gasteiger partial charge on any atom is -0.375 e. The number of hydrogen-bond acceptors (Lipinski definition) is 6. The molecule has 7 nitrogen and oxygen atoms in total. The molecule has 0 unspecified atom stereocenters. The van der Waals surface area contributed by atoms with Crippen molar-refractivity contribution in [3.63, 3.8) is 0 Å². The number of rotatable bonds is 8. The lowest BCUT2D eigenvalue weighted by atomic mass is 10.1. The highest BCUT2D eigenvalue weighted by molar-refractivity contribution is 5.98. The van der Waals surface area contributed by atoms with Crippen molar-refractivity contribution in [3.8, 4) is 0 Å². The fraction of sp³-hybridized carbons (Fsp3) is 0.560. The molecule has 2 aliphatic heterocycles. The summed E-state index contributed by atoms with van der Waals surface area (Å²) in [6.45, 7) is 10.9. The molecular weight excluding hydrogens is 402 g/mol. The van der Waals surface area contributed by atoms with Gasteiger partial charge in [-0.25, -0.2) is 4.98 Å².